The van der Waals surface area contributed by atoms with Crippen molar-refractivity contribution < 1.29 is 22.7 Å². The lowest BCUT2D eigenvalue weighted by Crippen LogP contribution is -2.41. The van der Waals surface area contributed by atoms with Crippen LogP contribution in [0.4, 0.5) is 5.13 Å². The van der Waals surface area contributed by atoms with Gasteiger partial charge in [0.15, 0.2) is 4.34 Å². The van der Waals surface area contributed by atoms with Crippen LogP contribution in [0.2, 0.25) is 0 Å². The Morgan fingerprint density at radius 3 is 2.74 bits per heavy atom. The second-order valence-corrected chi connectivity index (χ2v) is 11.9. The number of rotatable bonds is 8. The van der Waals surface area contributed by atoms with Crippen molar-refractivity contribution in [2.45, 2.75) is 22.9 Å². The number of carbonyl (C=O) groups excluding carboxylic acids is 2. The minimum atomic E-state index is -3.45. The zero-order valence-corrected chi connectivity index (χ0v) is 20.7. The van der Waals surface area contributed by atoms with Crippen LogP contribution in [0.3, 0.4) is 0 Å². The quantitative estimate of drug-likeness (QED) is 0.304. The van der Waals surface area contributed by atoms with E-state index in [-0.39, 0.29) is 29.3 Å². The van der Waals surface area contributed by atoms with E-state index >= 15 is 0 Å². The third-order valence-electron chi connectivity index (χ3n) is 4.63. The van der Waals surface area contributed by atoms with Gasteiger partial charge in [-0.15, -0.1) is 10.2 Å². The summed E-state index contributed by atoms with van der Waals surface area (Å²) in [6.45, 7) is 0.593. The average molecular weight is 549 g/mol. The molecule has 1 amide bonds. The maximum atomic E-state index is 12.7. The Kier molecular flexibility index (Phi) is 8.44. The molecule has 2 aromatic rings. The Labute approximate surface area is 197 Å². The van der Waals surface area contributed by atoms with Crippen LogP contribution < -0.4 is 5.32 Å². The fourth-order valence-electron chi connectivity index (χ4n) is 3.03. The molecule has 1 aromatic heterocycles. The van der Waals surface area contributed by atoms with E-state index in [0.29, 0.717) is 41.0 Å². The number of sulfonamides is 1. The van der Waals surface area contributed by atoms with E-state index in [1.165, 1.54) is 34.5 Å². The van der Waals surface area contributed by atoms with Crippen molar-refractivity contribution in [2.24, 2.45) is 5.92 Å². The number of piperidine rings is 1. The van der Waals surface area contributed by atoms with Gasteiger partial charge < -0.3 is 10.1 Å². The molecule has 0 spiro atoms. The highest BCUT2D eigenvalue weighted by atomic mass is 79.9. The molecule has 3 rings (SSSR count). The van der Waals surface area contributed by atoms with Gasteiger partial charge in [0, 0.05) is 23.5 Å². The van der Waals surface area contributed by atoms with Crippen LogP contribution in [0.1, 0.15) is 18.4 Å². The summed E-state index contributed by atoms with van der Waals surface area (Å²) in [4.78, 5) is 23.7. The van der Waals surface area contributed by atoms with Gasteiger partial charge in [0.25, 0.3) is 0 Å². The lowest BCUT2D eigenvalue weighted by molar-refractivity contribution is -0.137. The first-order valence-corrected chi connectivity index (χ1v) is 13.5. The number of methoxy groups -OCH3 is 1. The largest absolute Gasteiger partial charge is 0.468 e. The molecule has 2 heterocycles. The molecule has 1 aromatic carbocycles. The fraction of sp³-hybridized carbons (Fsp3) is 0.444. The van der Waals surface area contributed by atoms with Crippen LogP contribution >= 0.6 is 39.0 Å². The molecule has 31 heavy (non-hydrogen) atoms. The van der Waals surface area contributed by atoms with Crippen LogP contribution in [0, 0.1) is 5.92 Å². The Morgan fingerprint density at radius 2 is 2.06 bits per heavy atom. The number of nitrogens with zero attached hydrogens (tertiary/aromatic N) is 3. The molecule has 1 aliphatic heterocycles. The third kappa shape index (κ3) is 6.97. The molecular formula is C18H21BrN4O5S3. The number of ether oxygens (including phenoxy) is 1. The van der Waals surface area contributed by atoms with Crippen molar-refractivity contribution in [1.29, 1.82) is 0 Å². The van der Waals surface area contributed by atoms with Gasteiger partial charge in [0.05, 0.1) is 18.6 Å². The molecule has 0 aliphatic carbocycles. The summed E-state index contributed by atoms with van der Waals surface area (Å²) in [6.07, 6.45) is 0.874. The minimum Gasteiger partial charge on any atom is -0.468 e. The van der Waals surface area contributed by atoms with Crippen LogP contribution in [-0.4, -0.2) is 60.7 Å². The molecule has 0 bridgehead atoms. The van der Waals surface area contributed by atoms with Gasteiger partial charge in [-0.2, -0.15) is 0 Å². The number of anilines is 1. The number of carbonyl (C=O) groups is 2. The number of hydrogen-bond acceptors (Lipinski definition) is 9. The van der Waals surface area contributed by atoms with Crippen molar-refractivity contribution in [3.8, 4) is 0 Å². The average Bonchev–Trinajstić information content (AvgIpc) is 3.19. The van der Waals surface area contributed by atoms with Crippen LogP contribution in [0.25, 0.3) is 0 Å². The van der Waals surface area contributed by atoms with Crippen molar-refractivity contribution in [3.05, 3.63) is 34.3 Å². The Bertz CT molecular complexity index is 1040. The number of benzene rings is 1. The van der Waals surface area contributed by atoms with Gasteiger partial charge in [-0.05, 0) is 30.5 Å². The highest BCUT2D eigenvalue weighted by molar-refractivity contribution is 9.10. The first-order valence-electron chi connectivity index (χ1n) is 9.33. The maximum Gasteiger partial charge on any atom is 0.316 e. The van der Waals surface area contributed by atoms with Crippen LogP contribution in [0.15, 0.2) is 33.1 Å². The Balaban J connectivity index is 1.49. The highest BCUT2D eigenvalue weighted by Gasteiger charge is 2.31. The molecule has 1 N–H and O–H groups in total. The van der Waals surface area contributed by atoms with Crippen molar-refractivity contribution in [2.75, 3.05) is 31.3 Å². The molecule has 13 heteroatoms. The van der Waals surface area contributed by atoms with Gasteiger partial charge in [-0.3, -0.25) is 9.59 Å². The predicted molar refractivity (Wildman–Crippen MR) is 122 cm³/mol. The number of halogens is 1. The minimum absolute atomic E-state index is 0.0693. The van der Waals surface area contributed by atoms with E-state index in [0.717, 1.165) is 4.47 Å². The molecule has 1 saturated heterocycles. The summed E-state index contributed by atoms with van der Waals surface area (Å²) >= 11 is 5.71. The second-order valence-electron chi connectivity index (χ2n) is 6.79. The normalized spacial score (nSPS) is 15.5. The lowest BCUT2D eigenvalue weighted by Gasteiger charge is -2.30. The summed E-state index contributed by atoms with van der Waals surface area (Å²) in [5.41, 5.74) is 0.714. The summed E-state index contributed by atoms with van der Waals surface area (Å²) in [6, 6.07) is 7.22. The zero-order chi connectivity index (χ0) is 22.4. The van der Waals surface area contributed by atoms with Crippen LogP contribution in [0.5, 0.6) is 0 Å². The molecule has 0 atom stereocenters. The smallest absolute Gasteiger partial charge is 0.316 e. The maximum absolute atomic E-state index is 12.7. The fourth-order valence-corrected chi connectivity index (χ4v) is 6.61. The van der Waals surface area contributed by atoms with Crippen molar-refractivity contribution in [3.63, 3.8) is 0 Å². The van der Waals surface area contributed by atoms with Crippen LogP contribution in [-0.2, 0) is 30.1 Å². The van der Waals surface area contributed by atoms with E-state index in [9.17, 15) is 18.0 Å². The van der Waals surface area contributed by atoms with Gasteiger partial charge in [0.1, 0.15) is 0 Å². The molecule has 0 radical (unpaired) electrons. The Morgan fingerprint density at radius 1 is 1.32 bits per heavy atom. The molecule has 0 unspecified atom stereocenters. The van der Waals surface area contributed by atoms with E-state index in [1.54, 1.807) is 18.2 Å². The van der Waals surface area contributed by atoms with E-state index in [2.05, 4.69) is 36.2 Å². The molecule has 168 valence electrons. The molecule has 9 nitrogen and oxygen atoms in total. The second kappa shape index (κ2) is 10.9. The monoisotopic (exact) mass is 548 g/mol. The van der Waals surface area contributed by atoms with E-state index < -0.39 is 10.0 Å². The lowest BCUT2D eigenvalue weighted by atomic mass is 9.97. The molecule has 0 saturated carbocycles. The van der Waals surface area contributed by atoms with E-state index in [4.69, 9.17) is 0 Å². The number of hydrogen-bond donors (Lipinski definition) is 1. The zero-order valence-electron chi connectivity index (χ0n) is 16.6. The molecular weight excluding hydrogens is 528 g/mol. The number of aromatic nitrogens is 2. The van der Waals surface area contributed by atoms with E-state index in [1.807, 2.05) is 6.07 Å². The topological polar surface area (TPSA) is 119 Å². The number of nitrogens with one attached hydrogen (secondary N) is 1. The third-order valence-corrected chi connectivity index (χ3v) is 8.92. The Hall–Kier alpha value is -1.54. The number of esters is 1. The first-order chi connectivity index (χ1) is 14.8. The van der Waals surface area contributed by atoms with Gasteiger partial charge in [-0.1, -0.05) is 51.2 Å². The first kappa shape index (κ1) is 24.1. The van der Waals surface area contributed by atoms with Crippen molar-refractivity contribution >= 4 is 66.1 Å². The van der Waals surface area contributed by atoms with Gasteiger partial charge in [0.2, 0.25) is 21.1 Å². The molecule has 1 aliphatic rings. The molecule has 1 fully saturated rings. The number of thioether (sulfide) groups is 1. The highest BCUT2D eigenvalue weighted by Crippen LogP contribution is 2.27. The van der Waals surface area contributed by atoms with Crippen molar-refractivity contribution in [1.82, 2.24) is 14.5 Å². The van der Waals surface area contributed by atoms with Gasteiger partial charge >= 0.3 is 5.97 Å². The SMILES string of the molecule is COC(=O)CSc1nnc(NC(=O)C2CCN(S(=O)(=O)Cc3cccc(Br)c3)CC2)s1. The summed E-state index contributed by atoms with van der Waals surface area (Å²) < 4.78 is 32.9. The standard InChI is InChI=1S/C18H21BrN4O5S3/c1-28-15(24)10-29-18-22-21-17(30-18)20-16(25)13-5-7-23(8-6-13)31(26,27)11-12-3-2-4-14(19)9-12/h2-4,9,13H,5-8,10-11H2,1H3,(H,20,21,25). The summed E-state index contributed by atoms with van der Waals surface area (Å²) in [7, 11) is -2.14. The van der Waals surface area contributed by atoms with Gasteiger partial charge in [-0.25, -0.2) is 12.7 Å². The predicted octanol–water partition coefficient (Wildman–Crippen LogP) is 2.75. The number of amides is 1. The summed E-state index contributed by atoms with van der Waals surface area (Å²) in [5, 5.41) is 10.9. The summed E-state index contributed by atoms with van der Waals surface area (Å²) in [5.74, 6) is -0.823.